The van der Waals surface area contributed by atoms with Crippen LogP contribution in [0.25, 0.3) is 0 Å². The maximum absolute atomic E-state index is 12.5. The molecule has 1 aromatic carbocycles. The number of nitrogens with zero attached hydrogens (tertiary/aromatic N) is 1. The van der Waals surface area contributed by atoms with Crippen LogP contribution in [0.4, 0.5) is 5.69 Å². The highest BCUT2D eigenvalue weighted by Crippen LogP contribution is 2.32. The monoisotopic (exact) mass is 362 g/mol. The van der Waals surface area contributed by atoms with Crippen molar-refractivity contribution in [3.05, 3.63) is 22.7 Å². The molecule has 20 heavy (non-hydrogen) atoms. The molecule has 0 atom stereocenters. The number of halogens is 1. The highest BCUT2D eigenvalue weighted by molar-refractivity contribution is 9.10. The predicted octanol–water partition coefficient (Wildman–Crippen LogP) is 1.96. The molecule has 0 heterocycles. The van der Waals surface area contributed by atoms with Gasteiger partial charge in [0.2, 0.25) is 10.0 Å². The van der Waals surface area contributed by atoms with Gasteiger partial charge in [0.25, 0.3) is 0 Å². The number of benzene rings is 1. The molecule has 0 spiro atoms. The molecule has 1 aliphatic rings. The minimum Gasteiger partial charge on any atom is -0.398 e. The van der Waals surface area contributed by atoms with E-state index in [1.807, 2.05) is 0 Å². The van der Waals surface area contributed by atoms with Crippen molar-refractivity contribution in [2.45, 2.75) is 36.2 Å². The zero-order valence-electron chi connectivity index (χ0n) is 11.3. The Morgan fingerprint density at radius 3 is 2.60 bits per heavy atom. The fourth-order valence-corrected chi connectivity index (χ4v) is 4.49. The van der Waals surface area contributed by atoms with E-state index in [2.05, 4.69) is 15.9 Å². The average Bonchev–Trinajstić information content (AvgIpc) is 2.78. The van der Waals surface area contributed by atoms with Gasteiger partial charge in [-0.1, -0.05) is 28.8 Å². The summed E-state index contributed by atoms with van der Waals surface area (Å²) in [6.45, 7) is 0.0985. The first-order valence-corrected chi connectivity index (χ1v) is 8.72. The van der Waals surface area contributed by atoms with Gasteiger partial charge >= 0.3 is 0 Å². The van der Waals surface area contributed by atoms with Crippen molar-refractivity contribution >= 4 is 31.6 Å². The van der Waals surface area contributed by atoms with Crippen molar-refractivity contribution < 1.29 is 13.5 Å². The molecular formula is C13H19BrN2O3S. The molecule has 0 unspecified atom stereocenters. The van der Waals surface area contributed by atoms with Gasteiger partial charge in [-0.3, -0.25) is 0 Å². The lowest BCUT2D eigenvalue weighted by molar-refractivity contribution is 0.0333. The Labute approximate surface area is 128 Å². The highest BCUT2D eigenvalue weighted by atomic mass is 79.9. The van der Waals surface area contributed by atoms with Crippen LogP contribution in [0.5, 0.6) is 0 Å². The zero-order valence-corrected chi connectivity index (χ0v) is 13.7. The van der Waals surface area contributed by atoms with E-state index >= 15 is 0 Å². The number of sulfonamides is 1. The van der Waals surface area contributed by atoms with Crippen LogP contribution >= 0.6 is 15.9 Å². The SMILES string of the molecule is CN(CC1(O)CCCC1)S(=O)(=O)c1cc(Br)ccc1N. The molecule has 0 radical (unpaired) electrons. The summed E-state index contributed by atoms with van der Waals surface area (Å²) in [6.07, 6.45) is 3.15. The number of rotatable bonds is 4. The van der Waals surface area contributed by atoms with Gasteiger partial charge in [-0.05, 0) is 31.0 Å². The first-order chi connectivity index (χ1) is 9.24. The Balaban J connectivity index is 2.27. The van der Waals surface area contributed by atoms with E-state index in [1.54, 1.807) is 12.1 Å². The van der Waals surface area contributed by atoms with Crippen LogP contribution in [0.15, 0.2) is 27.6 Å². The Bertz CT molecular complexity index is 598. The number of hydrogen-bond donors (Lipinski definition) is 2. The summed E-state index contributed by atoms with van der Waals surface area (Å²) >= 11 is 3.25. The molecule has 7 heteroatoms. The summed E-state index contributed by atoms with van der Waals surface area (Å²) in [4.78, 5) is 0.0657. The summed E-state index contributed by atoms with van der Waals surface area (Å²) in [5, 5.41) is 10.3. The molecule has 0 aromatic heterocycles. The van der Waals surface area contributed by atoms with Crippen molar-refractivity contribution in [1.29, 1.82) is 0 Å². The van der Waals surface area contributed by atoms with E-state index in [1.165, 1.54) is 17.4 Å². The first kappa shape index (κ1) is 15.8. The van der Waals surface area contributed by atoms with E-state index in [4.69, 9.17) is 5.73 Å². The number of nitrogens with two attached hydrogens (primary N) is 1. The third-order valence-corrected chi connectivity index (χ3v) is 6.07. The summed E-state index contributed by atoms with van der Waals surface area (Å²) in [7, 11) is -2.22. The average molecular weight is 363 g/mol. The van der Waals surface area contributed by atoms with Crippen molar-refractivity contribution in [3.8, 4) is 0 Å². The van der Waals surface area contributed by atoms with Gasteiger partial charge in [0, 0.05) is 18.1 Å². The Morgan fingerprint density at radius 2 is 2.00 bits per heavy atom. The van der Waals surface area contributed by atoms with Crippen molar-refractivity contribution in [2.75, 3.05) is 19.3 Å². The smallest absolute Gasteiger partial charge is 0.245 e. The summed E-state index contributed by atoms with van der Waals surface area (Å²) in [5.41, 5.74) is 5.06. The van der Waals surface area contributed by atoms with Crippen molar-refractivity contribution in [1.82, 2.24) is 4.31 Å². The zero-order chi connectivity index (χ0) is 15.0. The quantitative estimate of drug-likeness (QED) is 0.801. The molecular weight excluding hydrogens is 344 g/mol. The van der Waals surface area contributed by atoms with Crippen LogP contribution in [0, 0.1) is 0 Å². The lowest BCUT2D eigenvalue weighted by atomic mass is 10.0. The maximum Gasteiger partial charge on any atom is 0.245 e. The second-order valence-electron chi connectivity index (χ2n) is 5.37. The topological polar surface area (TPSA) is 83.6 Å². The van der Waals surface area contributed by atoms with Gasteiger partial charge in [0.1, 0.15) is 4.90 Å². The van der Waals surface area contributed by atoms with Crippen LogP contribution in [0.2, 0.25) is 0 Å². The molecule has 3 N–H and O–H groups in total. The van der Waals surface area contributed by atoms with Crippen molar-refractivity contribution in [3.63, 3.8) is 0 Å². The van der Waals surface area contributed by atoms with E-state index in [0.29, 0.717) is 17.3 Å². The number of likely N-dealkylation sites (N-methyl/N-ethyl adjacent to an activating group) is 1. The van der Waals surface area contributed by atoms with Gasteiger partial charge in [0.15, 0.2) is 0 Å². The molecule has 0 bridgehead atoms. The molecule has 1 saturated carbocycles. The number of nitrogen functional groups attached to an aromatic ring is 1. The number of anilines is 1. The third-order valence-electron chi connectivity index (χ3n) is 3.72. The summed E-state index contributed by atoms with van der Waals surface area (Å²) in [6, 6.07) is 4.73. The molecule has 1 fully saturated rings. The summed E-state index contributed by atoms with van der Waals surface area (Å²) < 4.78 is 26.9. The molecule has 1 aliphatic carbocycles. The minimum atomic E-state index is -3.70. The van der Waals surface area contributed by atoms with Crippen LogP contribution in [0.3, 0.4) is 0 Å². The molecule has 5 nitrogen and oxygen atoms in total. The largest absolute Gasteiger partial charge is 0.398 e. The number of hydrogen-bond acceptors (Lipinski definition) is 4. The van der Waals surface area contributed by atoms with Crippen molar-refractivity contribution in [2.24, 2.45) is 0 Å². The Kier molecular flexibility index (Phi) is 4.44. The normalized spacial score (nSPS) is 18.6. The van der Waals surface area contributed by atoms with Crippen LogP contribution in [-0.4, -0.2) is 37.0 Å². The minimum absolute atomic E-state index is 0.0657. The molecule has 1 aromatic rings. The lowest BCUT2D eigenvalue weighted by Crippen LogP contribution is -2.42. The van der Waals surface area contributed by atoms with E-state index in [9.17, 15) is 13.5 Å². The molecule has 0 amide bonds. The van der Waals surface area contributed by atoms with Crippen LogP contribution in [0.1, 0.15) is 25.7 Å². The molecule has 112 valence electrons. The molecule has 2 rings (SSSR count). The van der Waals surface area contributed by atoms with Gasteiger partial charge in [-0.2, -0.15) is 4.31 Å². The highest BCUT2D eigenvalue weighted by Gasteiger charge is 2.36. The van der Waals surface area contributed by atoms with Crippen LogP contribution in [-0.2, 0) is 10.0 Å². The Morgan fingerprint density at radius 1 is 1.40 bits per heavy atom. The molecule has 0 saturated heterocycles. The Hall–Kier alpha value is -0.630. The first-order valence-electron chi connectivity index (χ1n) is 6.48. The second kappa shape index (κ2) is 5.63. The maximum atomic E-state index is 12.5. The van der Waals surface area contributed by atoms with Gasteiger partial charge in [0.05, 0.1) is 11.3 Å². The van der Waals surface area contributed by atoms with E-state index in [-0.39, 0.29) is 17.1 Å². The fraction of sp³-hybridized carbons (Fsp3) is 0.538. The van der Waals surface area contributed by atoms with Gasteiger partial charge in [-0.15, -0.1) is 0 Å². The second-order valence-corrected chi connectivity index (χ2v) is 8.30. The van der Waals surface area contributed by atoms with Gasteiger partial charge in [-0.25, -0.2) is 8.42 Å². The number of aliphatic hydroxyl groups is 1. The predicted molar refractivity (Wildman–Crippen MR) is 81.8 cm³/mol. The van der Waals surface area contributed by atoms with E-state index < -0.39 is 15.6 Å². The van der Waals surface area contributed by atoms with Gasteiger partial charge < -0.3 is 10.8 Å². The lowest BCUT2D eigenvalue weighted by Gasteiger charge is -2.28. The third kappa shape index (κ3) is 3.16. The van der Waals surface area contributed by atoms with Crippen LogP contribution < -0.4 is 5.73 Å². The fourth-order valence-electron chi connectivity index (χ4n) is 2.59. The standard InChI is InChI=1S/C13H19BrN2O3S/c1-16(9-13(17)6-2-3-7-13)20(18,19)12-8-10(14)4-5-11(12)15/h4-5,8,17H,2-3,6-7,9,15H2,1H3. The summed E-state index contributed by atoms with van der Waals surface area (Å²) in [5.74, 6) is 0. The van der Waals surface area contributed by atoms with E-state index in [0.717, 1.165) is 12.8 Å². The molecule has 0 aliphatic heterocycles.